The van der Waals surface area contributed by atoms with Gasteiger partial charge in [-0.2, -0.15) is 13.2 Å². The summed E-state index contributed by atoms with van der Waals surface area (Å²) in [5.74, 6) is 0.419. The van der Waals surface area contributed by atoms with Gasteiger partial charge in [-0.25, -0.2) is 4.98 Å². The van der Waals surface area contributed by atoms with Gasteiger partial charge in [0.15, 0.2) is 5.78 Å². The Kier molecular flexibility index (Phi) is 7.80. The van der Waals surface area contributed by atoms with Crippen molar-refractivity contribution in [1.29, 1.82) is 0 Å². The maximum Gasteiger partial charge on any atom is 0.418 e. The number of para-hydroxylation sites is 1. The third-order valence-corrected chi connectivity index (χ3v) is 8.01. The Bertz CT molecular complexity index is 1380. The topological polar surface area (TPSA) is 89.5 Å². The van der Waals surface area contributed by atoms with Gasteiger partial charge in [0.05, 0.1) is 37.0 Å². The number of alkyl halides is 3. The van der Waals surface area contributed by atoms with Crippen molar-refractivity contribution in [3.05, 3.63) is 83.6 Å². The number of halogens is 3. The van der Waals surface area contributed by atoms with Crippen LogP contribution in [0.25, 0.3) is 0 Å². The third kappa shape index (κ3) is 5.54. The molecule has 0 radical (unpaired) electrons. The molecular formula is C30H30F3N3O4. The van der Waals surface area contributed by atoms with Crippen LogP contribution in [0.2, 0.25) is 0 Å². The lowest BCUT2D eigenvalue weighted by Crippen LogP contribution is -2.58. The molecule has 3 atom stereocenters. The number of pyridine rings is 1. The van der Waals surface area contributed by atoms with Gasteiger partial charge in [0.25, 0.3) is 0 Å². The number of carbonyl (C=O) groups excluding carboxylic acids is 2. The number of nitrogens with one attached hydrogen (secondary N) is 2. The Morgan fingerprint density at radius 2 is 1.90 bits per heavy atom. The monoisotopic (exact) mass is 553 g/mol. The molecule has 1 aromatic heterocycles. The van der Waals surface area contributed by atoms with Crippen LogP contribution in [0.4, 0.5) is 24.5 Å². The van der Waals surface area contributed by atoms with Crippen molar-refractivity contribution < 1.29 is 32.2 Å². The van der Waals surface area contributed by atoms with E-state index in [0.29, 0.717) is 43.2 Å². The summed E-state index contributed by atoms with van der Waals surface area (Å²) < 4.78 is 50.7. The lowest BCUT2D eigenvalue weighted by Gasteiger charge is -2.49. The minimum Gasteiger partial charge on any atom is -0.481 e. The van der Waals surface area contributed by atoms with Crippen LogP contribution in [-0.4, -0.2) is 37.0 Å². The number of ketones is 1. The van der Waals surface area contributed by atoms with Gasteiger partial charge in [-0.05, 0) is 60.6 Å². The second-order valence-electron chi connectivity index (χ2n) is 10.3. The molecule has 1 aliphatic heterocycles. The molecule has 2 heterocycles. The van der Waals surface area contributed by atoms with Crippen LogP contribution in [0.3, 0.4) is 0 Å². The summed E-state index contributed by atoms with van der Waals surface area (Å²) in [7, 11) is 1.50. The fourth-order valence-electron chi connectivity index (χ4n) is 5.76. The third-order valence-electron chi connectivity index (χ3n) is 8.01. The van der Waals surface area contributed by atoms with Crippen LogP contribution in [0.5, 0.6) is 5.88 Å². The first-order valence-electron chi connectivity index (χ1n) is 13.1. The average molecular weight is 554 g/mol. The minimum atomic E-state index is -4.46. The fourth-order valence-corrected chi connectivity index (χ4v) is 5.76. The zero-order valence-electron chi connectivity index (χ0n) is 22.0. The number of nitrogens with zero attached hydrogens (tertiary/aromatic N) is 1. The van der Waals surface area contributed by atoms with Gasteiger partial charge in [-0.15, -0.1) is 0 Å². The van der Waals surface area contributed by atoms with Crippen molar-refractivity contribution in [1.82, 2.24) is 10.3 Å². The van der Waals surface area contributed by atoms with E-state index in [-0.39, 0.29) is 35.8 Å². The summed E-state index contributed by atoms with van der Waals surface area (Å²) >= 11 is 0. The van der Waals surface area contributed by atoms with Crippen LogP contribution in [0, 0.1) is 17.3 Å². The second-order valence-corrected chi connectivity index (χ2v) is 10.3. The molecule has 10 heteroatoms. The standard InChI is InChI=1S/C30H30F3N3O4/c1-39-27-14-20(12-13-34-27)26(37)11-8-21-15-22-17-40-18-29(21,22)28(38)35-16-19-6-9-23(10-7-19)36-25-5-3-2-4-24(25)30(31,32)33/h2-7,9-10,12-14,21-22,36H,8,11,15-18H2,1H3,(H,35,38)/t21?,22?,29-/m1/s1. The summed E-state index contributed by atoms with van der Waals surface area (Å²) in [4.78, 5) is 30.2. The van der Waals surface area contributed by atoms with Crippen molar-refractivity contribution in [3.63, 3.8) is 0 Å². The molecule has 1 saturated heterocycles. The maximum absolute atomic E-state index is 13.4. The van der Waals surface area contributed by atoms with Crippen LogP contribution < -0.4 is 15.4 Å². The number of hydrogen-bond donors (Lipinski definition) is 2. The number of ether oxygens (including phenoxy) is 2. The Hall–Kier alpha value is -3.92. The molecule has 0 spiro atoms. The van der Waals surface area contributed by atoms with Gasteiger partial charge in [-0.1, -0.05) is 24.3 Å². The Morgan fingerprint density at radius 1 is 1.12 bits per heavy atom. The van der Waals surface area contributed by atoms with Crippen molar-refractivity contribution in [2.24, 2.45) is 17.3 Å². The molecule has 2 aliphatic rings. The van der Waals surface area contributed by atoms with Gasteiger partial charge >= 0.3 is 6.18 Å². The average Bonchev–Trinajstić information content (AvgIpc) is 3.28. The number of methoxy groups -OCH3 is 1. The number of amides is 1. The molecule has 2 unspecified atom stereocenters. The highest BCUT2D eigenvalue weighted by atomic mass is 19.4. The number of anilines is 2. The SMILES string of the molecule is COc1cc(C(=O)CCC2CC3COC[C@@]23C(=O)NCc2ccc(Nc3ccccc3C(F)(F)F)cc2)ccn1. The van der Waals surface area contributed by atoms with Crippen molar-refractivity contribution in [3.8, 4) is 5.88 Å². The fraction of sp³-hybridized carbons (Fsp3) is 0.367. The van der Waals surface area contributed by atoms with Gasteiger partial charge < -0.3 is 20.1 Å². The van der Waals surface area contributed by atoms with Gasteiger partial charge in [0.2, 0.25) is 11.8 Å². The molecule has 1 aliphatic carbocycles. The quantitative estimate of drug-likeness (QED) is 0.309. The van der Waals surface area contributed by atoms with E-state index in [1.54, 1.807) is 42.5 Å². The van der Waals surface area contributed by atoms with Gasteiger partial charge in [0.1, 0.15) is 0 Å². The Labute approximate surface area is 230 Å². The molecule has 2 N–H and O–H groups in total. The molecule has 5 rings (SSSR count). The number of benzene rings is 2. The number of fused-ring (bicyclic) bond motifs is 1. The largest absolute Gasteiger partial charge is 0.481 e. The van der Waals surface area contributed by atoms with E-state index in [4.69, 9.17) is 9.47 Å². The molecule has 210 valence electrons. The number of hydrogen-bond acceptors (Lipinski definition) is 6. The number of aromatic nitrogens is 1. The van der Waals surface area contributed by atoms with Gasteiger partial charge in [0, 0.05) is 36.5 Å². The molecular weight excluding hydrogens is 523 g/mol. The molecule has 40 heavy (non-hydrogen) atoms. The van der Waals surface area contributed by atoms with Crippen LogP contribution >= 0.6 is 0 Å². The van der Waals surface area contributed by atoms with E-state index in [0.717, 1.165) is 18.1 Å². The summed E-state index contributed by atoms with van der Waals surface area (Å²) in [6, 6.07) is 15.5. The van der Waals surface area contributed by atoms with E-state index in [1.807, 2.05) is 0 Å². The van der Waals surface area contributed by atoms with Crippen molar-refractivity contribution in [2.45, 2.75) is 32.0 Å². The normalized spacial score (nSPS) is 21.7. The maximum atomic E-state index is 13.4. The van der Waals surface area contributed by atoms with E-state index in [2.05, 4.69) is 15.6 Å². The van der Waals surface area contributed by atoms with Crippen LogP contribution in [0.15, 0.2) is 66.9 Å². The smallest absolute Gasteiger partial charge is 0.418 e. The number of rotatable bonds is 10. The minimum absolute atomic E-state index is 0.0230. The van der Waals surface area contributed by atoms with Crippen LogP contribution in [-0.2, 0) is 22.3 Å². The summed E-state index contributed by atoms with van der Waals surface area (Å²) in [5.41, 5.74) is 0.427. The molecule has 3 aromatic rings. The Morgan fingerprint density at radius 3 is 2.62 bits per heavy atom. The van der Waals surface area contributed by atoms with Gasteiger partial charge in [-0.3, -0.25) is 9.59 Å². The predicted octanol–water partition coefficient (Wildman–Crippen LogP) is 5.78. The highest BCUT2D eigenvalue weighted by Crippen LogP contribution is 2.57. The molecule has 2 aromatic carbocycles. The highest BCUT2D eigenvalue weighted by Gasteiger charge is 2.62. The lowest BCUT2D eigenvalue weighted by molar-refractivity contribution is -0.147. The molecule has 1 amide bonds. The summed E-state index contributed by atoms with van der Waals surface area (Å²) in [6.45, 7) is 1.13. The lowest BCUT2D eigenvalue weighted by atomic mass is 9.52. The Balaban J connectivity index is 1.18. The first kappa shape index (κ1) is 27.6. The highest BCUT2D eigenvalue weighted by molar-refractivity contribution is 5.96. The molecule has 1 saturated carbocycles. The number of carbonyl (C=O) groups is 2. The first-order valence-corrected chi connectivity index (χ1v) is 13.1. The van der Waals surface area contributed by atoms with E-state index < -0.39 is 17.2 Å². The summed E-state index contributed by atoms with van der Waals surface area (Å²) in [5, 5.41) is 5.85. The zero-order valence-corrected chi connectivity index (χ0v) is 22.0. The van der Waals surface area contributed by atoms with E-state index in [1.165, 1.54) is 25.4 Å². The molecule has 2 fully saturated rings. The van der Waals surface area contributed by atoms with Crippen molar-refractivity contribution in [2.75, 3.05) is 25.6 Å². The predicted molar refractivity (Wildman–Crippen MR) is 142 cm³/mol. The van der Waals surface area contributed by atoms with Crippen LogP contribution in [0.1, 0.15) is 40.7 Å². The first-order chi connectivity index (χ1) is 19.2. The molecule has 0 bridgehead atoms. The van der Waals surface area contributed by atoms with E-state index in [9.17, 15) is 22.8 Å². The summed E-state index contributed by atoms with van der Waals surface area (Å²) in [6.07, 6.45) is -1.20. The number of Topliss-reactive ketones (excluding diaryl/α,β-unsaturated/α-hetero) is 1. The van der Waals surface area contributed by atoms with E-state index >= 15 is 0 Å². The zero-order chi connectivity index (χ0) is 28.3. The molecule has 7 nitrogen and oxygen atoms in total. The van der Waals surface area contributed by atoms with Crippen molar-refractivity contribution >= 4 is 23.1 Å². The second kappa shape index (κ2) is 11.3.